The molecule has 1 saturated carbocycles. The lowest BCUT2D eigenvalue weighted by Gasteiger charge is -2.11. The molecule has 1 aliphatic heterocycles. The lowest BCUT2D eigenvalue weighted by molar-refractivity contribution is 0.187. The zero-order valence-corrected chi connectivity index (χ0v) is 10.4. The largest absolute Gasteiger partial charge is 0.381 e. The van der Waals surface area contributed by atoms with Gasteiger partial charge in [-0.2, -0.15) is 0 Å². The summed E-state index contributed by atoms with van der Waals surface area (Å²) < 4.78 is 5.34. The molecule has 1 aliphatic carbocycles. The normalized spacial score (nSPS) is 23.9. The summed E-state index contributed by atoms with van der Waals surface area (Å²) >= 11 is 6.00. The Bertz CT molecular complexity index is 403. The van der Waals surface area contributed by atoms with Crippen molar-refractivity contribution in [3.8, 4) is 0 Å². The predicted octanol–water partition coefficient (Wildman–Crippen LogP) is 2.46. The van der Waals surface area contributed by atoms with Gasteiger partial charge in [0, 0.05) is 31.1 Å². The van der Waals surface area contributed by atoms with E-state index in [1.54, 1.807) is 6.07 Å². The van der Waals surface area contributed by atoms with E-state index in [-0.39, 0.29) is 0 Å². The van der Waals surface area contributed by atoms with Crippen LogP contribution in [0.4, 0.5) is 5.82 Å². The maximum Gasteiger partial charge on any atom is 0.135 e. The molecule has 0 aromatic carbocycles. The maximum absolute atomic E-state index is 6.00. The first kappa shape index (κ1) is 11.2. The molecule has 17 heavy (non-hydrogen) atoms. The van der Waals surface area contributed by atoms with Crippen LogP contribution in [0.25, 0.3) is 0 Å². The lowest BCUT2D eigenvalue weighted by Crippen LogP contribution is -2.15. The molecule has 2 aliphatic rings. The molecule has 1 N–H and O–H groups in total. The van der Waals surface area contributed by atoms with Crippen LogP contribution in [0.15, 0.2) is 6.07 Å². The van der Waals surface area contributed by atoms with Gasteiger partial charge in [-0.15, -0.1) is 0 Å². The van der Waals surface area contributed by atoms with E-state index >= 15 is 0 Å². The first-order chi connectivity index (χ1) is 8.31. The average Bonchev–Trinajstić information content (AvgIpc) is 3.04. The van der Waals surface area contributed by atoms with Crippen LogP contribution in [-0.4, -0.2) is 29.7 Å². The highest BCUT2D eigenvalue weighted by molar-refractivity contribution is 6.29. The van der Waals surface area contributed by atoms with E-state index < -0.39 is 0 Å². The smallest absolute Gasteiger partial charge is 0.135 e. The number of hydrogen-bond donors (Lipinski definition) is 1. The Labute approximate surface area is 106 Å². The Kier molecular flexibility index (Phi) is 3.16. The van der Waals surface area contributed by atoms with Crippen molar-refractivity contribution in [1.29, 1.82) is 0 Å². The first-order valence-corrected chi connectivity index (χ1v) is 6.55. The molecule has 1 saturated heterocycles. The van der Waals surface area contributed by atoms with Crippen molar-refractivity contribution < 1.29 is 4.74 Å². The summed E-state index contributed by atoms with van der Waals surface area (Å²) in [5.74, 6) is 2.86. The molecule has 1 aromatic heterocycles. The second kappa shape index (κ2) is 4.78. The van der Waals surface area contributed by atoms with Gasteiger partial charge in [0.05, 0.1) is 6.61 Å². The molecule has 1 unspecified atom stereocenters. The molecule has 2 heterocycles. The van der Waals surface area contributed by atoms with Gasteiger partial charge in [-0.25, -0.2) is 9.97 Å². The molecule has 1 atom stereocenters. The van der Waals surface area contributed by atoms with Crippen molar-refractivity contribution in [3.05, 3.63) is 17.0 Å². The number of nitrogens with one attached hydrogen (secondary N) is 1. The van der Waals surface area contributed by atoms with Crippen molar-refractivity contribution in [2.75, 3.05) is 25.1 Å². The first-order valence-electron chi connectivity index (χ1n) is 6.17. The van der Waals surface area contributed by atoms with Crippen molar-refractivity contribution >= 4 is 17.4 Å². The summed E-state index contributed by atoms with van der Waals surface area (Å²) in [5.41, 5.74) is 0. The zero-order valence-electron chi connectivity index (χ0n) is 9.66. The molecule has 0 amide bonds. The lowest BCUT2D eigenvalue weighted by atomic mass is 10.1. The molecule has 3 rings (SSSR count). The molecule has 0 radical (unpaired) electrons. The highest BCUT2D eigenvalue weighted by Gasteiger charge is 2.27. The fraction of sp³-hybridized carbons (Fsp3) is 0.667. The van der Waals surface area contributed by atoms with E-state index in [1.165, 1.54) is 12.8 Å². The minimum atomic E-state index is 0.532. The van der Waals surface area contributed by atoms with Crippen molar-refractivity contribution in [2.24, 2.45) is 5.92 Å². The number of ether oxygens (including phenoxy) is 1. The summed E-state index contributed by atoms with van der Waals surface area (Å²) in [6.45, 7) is 2.63. The molecular formula is C12H16ClN3O. The molecule has 5 heteroatoms. The van der Waals surface area contributed by atoms with E-state index in [4.69, 9.17) is 16.3 Å². The number of hydrogen-bond acceptors (Lipinski definition) is 4. The van der Waals surface area contributed by atoms with Gasteiger partial charge < -0.3 is 10.1 Å². The summed E-state index contributed by atoms with van der Waals surface area (Å²) in [4.78, 5) is 8.77. The minimum Gasteiger partial charge on any atom is -0.381 e. The Morgan fingerprint density at radius 1 is 1.35 bits per heavy atom. The van der Waals surface area contributed by atoms with Crippen LogP contribution in [0.3, 0.4) is 0 Å². The Morgan fingerprint density at radius 3 is 2.94 bits per heavy atom. The van der Waals surface area contributed by atoms with Crippen molar-refractivity contribution in [1.82, 2.24) is 9.97 Å². The number of halogens is 1. The monoisotopic (exact) mass is 253 g/mol. The van der Waals surface area contributed by atoms with Gasteiger partial charge in [-0.1, -0.05) is 11.6 Å². The highest BCUT2D eigenvalue weighted by Crippen LogP contribution is 2.38. The standard InChI is InChI=1S/C12H16ClN3O/c13-10-5-11(14-6-8-3-4-17-7-8)16-12(15-10)9-1-2-9/h5,8-9H,1-4,6-7H2,(H,14,15,16). The molecule has 0 spiro atoms. The fourth-order valence-corrected chi connectivity index (χ4v) is 2.23. The van der Waals surface area contributed by atoms with Crippen molar-refractivity contribution in [2.45, 2.75) is 25.2 Å². The van der Waals surface area contributed by atoms with Crippen molar-refractivity contribution in [3.63, 3.8) is 0 Å². The highest BCUT2D eigenvalue weighted by atomic mass is 35.5. The van der Waals surface area contributed by atoms with Crippen LogP contribution in [-0.2, 0) is 4.74 Å². The van der Waals surface area contributed by atoms with Gasteiger partial charge in [-0.05, 0) is 19.3 Å². The van der Waals surface area contributed by atoms with Gasteiger partial charge in [0.25, 0.3) is 0 Å². The van der Waals surface area contributed by atoms with E-state index in [1.807, 2.05) is 0 Å². The summed E-state index contributed by atoms with van der Waals surface area (Å²) in [6.07, 6.45) is 3.51. The predicted molar refractivity (Wildman–Crippen MR) is 66.4 cm³/mol. The van der Waals surface area contributed by atoms with Crippen LogP contribution in [0.5, 0.6) is 0 Å². The van der Waals surface area contributed by atoms with Crippen LogP contribution in [0.2, 0.25) is 5.15 Å². The van der Waals surface area contributed by atoms with Crippen LogP contribution in [0, 0.1) is 5.92 Å². The quantitative estimate of drug-likeness (QED) is 0.838. The second-order valence-corrected chi connectivity index (χ2v) is 5.21. The molecule has 2 fully saturated rings. The molecule has 92 valence electrons. The van der Waals surface area contributed by atoms with E-state index in [9.17, 15) is 0 Å². The Hall–Kier alpha value is -0.870. The maximum atomic E-state index is 6.00. The minimum absolute atomic E-state index is 0.532. The fourth-order valence-electron chi connectivity index (χ4n) is 2.04. The molecule has 4 nitrogen and oxygen atoms in total. The van der Waals surface area contributed by atoms with Gasteiger partial charge >= 0.3 is 0 Å². The zero-order chi connectivity index (χ0) is 11.7. The third-order valence-corrected chi connectivity index (χ3v) is 3.44. The Balaban J connectivity index is 1.64. The number of nitrogens with zero attached hydrogens (tertiary/aromatic N) is 2. The average molecular weight is 254 g/mol. The molecule has 1 aromatic rings. The third kappa shape index (κ3) is 2.87. The summed E-state index contributed by atoms with van der Waals surface area (Å²) in [6, 6.07) is 1.79. The van der Waals surface area contributed by atoms with Gasteiger partial charge in [0.15, 0.2) is 0 Å². The Morgan fingerprint density at radius 2 is 2.24 bits per heavy atom. The van der Waals surface area contributed by atoms with E-state index in [2.05, 4.69) is 15.3 Å². The van der Waals surface area contributed by atoms with Crippen LogP contribution >= 0.6 is 11.6 Å². The number of anilines is 1. The number of rotatable bonds is 4. The van der Waals surface area contributed by atoms with E-state index in [0.717, 1.165) is 37.8 Å². The van der Waals surface area contributed by atoms with Crippen LogP contribution in [0.1, 0.15) is 31.0 Å². The van der Waals surface area contributed by atoms with Gasteiger partial charge in [0.2, 0.25) is 0 Å². The van der Waals surface area contributed by atoms with Crippen LogP contribution < -0.4 is 5.32 Å². The SMILES string of the molecule is Clc1cc(NCC2CCOC2)nc(C2CC2)n1. The summed E-state index contributed by atoms with van der Waals surface area (Å²) in [5, 5.41) is 3.87. The third-order valence-electron chi connectivity index (χ3n) is 3.25. The molecular weight excluding hydrogens is 238 g/mol. The van der Waals surface area contributed by atoms with E-state index in [0.29, 0.717) is 17.0 Å². The summed E-state index contributed by atoms with van der Waals surface area (Å²) in [7, 11) is 0. The molecule has 0 bridgehead atoms. The second-order valence-electron chi connectivity index (χ2n) is 4.82. The van der Waals surface area contributed by atoms with Gasteiger partial charge in [0.1, 0.15) is 16.8 Å². The topological polar surface area (TPSA) is 47.0 Å². The van der Waals surface area contributed by atoms with Gasteiger partial charge in [-0.3, -0.25) is 0 Å². The number of aromatic nitrogens is 2.